The Labute approximate surface area is 480 Å². The van der Waals surface area contributed by atoms with Crippen LogP contribution in [0.25, 0.3) is 0 Å². The van der Waals surface area contributed by atoms with E-state index >= 15 is 0 Å². The molecule has 1 aliphatic heterocycles. The second-order valence-corrected chi connectivity index (χ2v) is 25.4. The minimum Gasteiger partial charge on any atom is -0.354 e. The van der Waals surface area contributed by atoms with Crippen molar-refractivity contribution in [1.29, 1.82) is 0 Å². The van der Waals surface area contributed by atoms with Crippen LogP contribution in [0.15, 0.2) is 0 Å². The van der Waals surface area contributed by atoms with E-state index in [1.807, 2.05) is 67.5 Å². The summed E-state index contributed by atoms with van der Waals surface area (Å²) in [5.41, 5.74) is -4.64. The summed E-state index contributed by atoms with van der Waals surface area (Å²) in [6.45, 7) is 27.4. The molecule has 80 heavy (non-hydrogen) atoms. The van der Waals surface area contributed by atoms with Crippen molar-refractivity contribution < 1.29 is 47.9 Å². The number of nitrogens with zero attached hydrogens (tertiary/aromatic N) is 2. The molecule has 0 aromatic carbocycles. The second kappa shape index (κ2) is 35.5. The van der Waals surface area contributed by atoms with Gasteiger partial charge in [-0.05, 0) is 125 Å². The van der Waals surface area contributed by atoms with Gasteiger partial charge in [0.2, 0.25) is 59.1 Å². The maximum atomic E-state index is 14.3. The van der Waals surface area contributed by atoms with Gasteiger partial charge in [0.05, 0.1) is 0 Å². The van der Waals surface area contributed by atoms with Crippen LogP contribution in [0.2, 0.25) is 0 Å². The van der Waals surface area contributed by atoms with E-state index in [9.17, 15) is 47.9 Å². The number of carbonyl (C=O) groups excluding carboxylic acids is 10. The lowest BCUT2D eigenvalue weighted by atomic mass is 9.96. The maximum absolute atomic E-state index is 14.3. The largest absolute Gasteiger partial charge is 0.354 e. The average Bonchev–Trinajstić information content (AvgIpc) is 3.83. The molecular formula is C59H109N11O10. The van der Waals surface area contributed by atoms with Crippen LogP contribution in [0.3, 0.4) is 0 Å². The van der Waals surface area contributed by atoms with Crippen molar-refractivity contribution in [1.82, 2.24) is 57.7 Å². The Kier molecular flexibility index (Phi) is 32.3. The molecule has 1 aliphatic rings. The number of amides is 10. The van der Waals surface area contributed by atoms with Crippen LogP contribution in [-0.4, -0.2) is 155 Å². The van der Waals surface area contributed by atoms with Crippen molar-refractivity contribution in [3.8, 4) is 0 Å². The van der Waals surface area contributed by atoms with E-state index in [1.165, 1.54) is 41.5 Å². The summed E-state index contributed by atoms with van der Waals surface area (Å²) in [6.07, 6.45) is 10.8. The molecule has 0 aromatic heterocycles. The van der Waals surface area contributed by atoms with E-state index in [4.69, 9.17) is 0 Å². The summed E-state index contributed by atoms with van der Waals surface area (Å²) in [6, 6.07) is -5.17. The zero-order valence-corrected chi connectivity index (χ0v) is 52.3. The topological polar surface area (TPSA) is 285 Å². The third-order valence-corrected chi connectivity index (χ3v) is 14.0. The lowest BCUT2D eigenvalue weighted by Gasteiger charge is -2.34. The molecule has 6 atom stereocenters. The Morgan fingerprint density at radius 3 is 1.49 bits per heavy atom. The van der Waals surface area contributed by atoms with Gasteiger partial charge in [0.15, 0.2) is 0 Å². The molecule has 10 amide bonds. The SMILES string of the molecule is CCCCCCCC[C@H](NC(=O)[C@@H]1CCCN1C(=O)CCCCC)C(=O)N[C@@H](CC(C)C)C(=O)NC(C)(C)C(=O)N[C@H](CC(C)C)C(=O)N[C@H](CC(C)C)C(=O)NC(C)(C)C(=O)NC(C)(C)C(=O)NCCC(=O)N[C@@H](C)CN(C)C. The molecule has 1 saturated heterocycles. The Balaban J connectivity index is 3.24. The highest BCUT2D eigenvalue weighted by atomic mass is 16.2. The van der Waals surface area contributed by atoms with Gasteiger partial charge in [-0.3, -0.25) is 47.9 Å². The van der Waals surface area contributed by atoms with Crippen LogP contribution in [0.1, 0.15) is 213 Å². The first-order valence-corrected chi connectivity index (χ1v) is 29.9. The molecule has 0 aliphatic carbocycles. The average molecular weight is 1130 g/mol. The van der Waals surface area contributed by atoms with E-state index in [-0.39, 0.29) is 67.8 Å². The Morgan fingerprint density at radius 1 is 0.512 bits per heavy atom. The van der Waals surface area contributed by atoms with Crippen LogP contribution >= 0.6 is 0 Å². The first kappa shape index (κ1) is 72.7. The minimum atomic E-state index is -1.62. The molecule has 9 N–H and O–H groups in total. The summed E-state index contributed by atoms with van der Waals surface area (Å²) in [7, 11) is 3.80. The number of hydrogen-bond donors (Lipinski definition) is 9. The monoisotopic (exact) mass is 1130 g/mol. The third kappa shape index (κ3) is 27.4. The number of nitrogens with one attached hydrogen (secondary N) is 9. The molecule has 0 radical (unpaired) electrons. The van der Waals surface area contributed by atoms with E-state index in [2.05, 4.69) is 61.7 Å². The predicted molar refractivity (Wildman–Crippen MR) is 313 cm³/mol. The molecule has 1 fully saturated rings. The summed E-state index contributed by atoms with van der Waals surface area (Å²) < 4.78 is 0. The van der Waals surface area contributed by atoms with Gasteiger partial charge >= 0.3 is 0 Å². The van der Waals surface area contributed by atoms with Crippen molar-refractivity contribution in [2.75, 3.05) is 33.7 Å². The highest BCUT2D eigenvalue weighted by Gasteiger charge is 2.41. The van der Waals surface area contributed by atoms with Crippen molar-refractivity contribution in [3.63, 3.8) is 0 Å². The molecule has 0 aromatic rings. The molecule has 460 valence electrons. The summed E-state index contributed by atoms with van der Waals surface area (Å²) in [4.78, 5) is 141. The van der Waals surface area contributed by atoms with Gasteiger partial charge in [-0.1, -0.05) is 107 Å². The lowest BCUT2D eigenvalue weighted by Crippen LogP contribution is -2.65. The number of hydrogen-bond acceptors (Lipinski definition) is 11. The van der Waals surface area contributed by atoms with Crippen molar-refractivity contribution >= 4 is 59.1 Å². The first-order valence-electron chi connectivity index (χ1n) is 29.9. The summed E-state index contributed by atoms with van der Waals surface area (Å²) >= 11 is 0. The zero-order chi connectivity index (χ0) is 61.1. The highest BCUT2D eigenvalue weighted by Crippen LogP contribution is 2.21. The van der Waals surface area contributed by atoms with Gasteiger partial charge in [-0.25, -0.2) is 0 Å². The highest BCUT2D eigenvalue weighted by molar-refractivity contribution is 6.00. The van der Waals surface area contributed by atoms with Gasteiger partial charge in [0.1, 0.15) is 46.8 Å². The molecule has 21 heteroatoms. The normalized spacial score (nSPS) is 15.8. The summed E-state index contributed by atoms with van der Waals surface area (Å²) in [5.74, 6) is -5.45. The Morgan fingerprint density at radius 2 is 0.975 bits per heavy atom. The maximum Gasteiger partial charge on any atom is 0.246 e. The number of likely N-dealkylation sites (N-methyl/N-ethyl adjacent to an activating group) is 1. The first-order chi connectivity index (χ1) is 37.2. The number of carbonyl (C=O) groups is 10. The predicted octanol–water partition coefficient (Wildman–Crippen LogP) is 4.64. The van der Waals surface area contributed by atoms with Gasteiger partial charge in [0, 0.05) is 38.5 Å². The molecule has 1 heterocycles. The number of unbranched alkanes of at least 4 members (excludes halogenated alkanes) is 7. The second-order valence-electron chi connectivity index (χ2n) is 25.4. The molecule has 0 spiro atoms. The van der Waals surface area contributed by atoms with E-state index < -0.39 is 94.1 Å². The molecule has 0 unspecified atom stereocenters. The molecule has 1 rings (SSSR count). The third-order valence-electron chi connectivity index (χ3n) is 14.0. The number of rotatable bonds is 38. The molecule has 0 bridgehead atoms. The van der Waals surface area contributed by atoms with Crippen LogP contribution in [-0.2, 0) is 47.9 Å². The van der Waals surface area contributed by atoms with E-state index in [1.54, 1.807) is 4.90 Å². The fourth-order valence-corrected chi connectivity index (χ4v) is 9.52. The standard InChI is InChI=1S/C59H109N11O10/c1-18-20-22-23-24-26-28-42(62-53(77)46-29-27-33-70(46)48(72)30-25-21-19-2)49(73)63-44(35-39(5)6)51(75)66-58(12,13)55(79)65-43(34-38(3)4)50(74)64-45(36-40(7)8)52(76)67-59(14,15)56(80)68-57(10,11)54(78)60-32-31-47(71)61-41(9)37-69(16)17/h38-46H,18-37H2,1-17H3,(H,60,78)(H,61,71)(H,62,77)(H,63,73)(H,64,74)(H,65,79)(H,66,75)(H,67,76)(H,68,80)/t41-,42-,43+,44-,45+,46-/m0/s1. The van der Waals surface area contributed by atoms with Crippen molar-refractivity contribution in [2.24, 2.45) is 17.8 Å². The van der Waals surface area contributed by atoms with Crippen LogP contribution in [0.5, 0.6) is 0 Å². The summed E-state index contributed by atoms with van der Waals surface area (Å²) in [5, 5.41) is 25.2. The number of likely N-dealkylation sites (tertiary alicyclic amines) is 1. The fraction of sp³-hybridized carbons (Fsp3) is 0.831. The Bertz CT molecular complexity index is 2020. The molecular weight excluding hydrogens is 1020 g/mol. The Hall–Kier alpha value is -5.34. The van der Waals surface area contributed by atoms with E-state index in [0.717, 1.165) is 51.4 Å². The zero-order valence-electron chi connectivity index (χ0n) is 52.3. The smallest absolute Gasteiger partial charge is 0.246 e. The van der Waals surface area contributed by atoms with Crippen LogP contribution < -0.4 is 47.9 Å². The minimum absolute atomic E-state index is 0.0314. The lowest BCUT2D eigenvalue weighted by molar-refractivity contribution is -0.140. The van der Waals surface area contributed by atoms with Gasteiger partial charge in [0.25, 0.3) is 0 Å². The van der Waals surface area contributed by atoms with Crippen LogP contribution in [0, 0.1) is 17.8 Å². The van der Waals surface area contributed by atoms with Gasteiger partial charge in [-0.15, -0.1) is 0 Å². The molecule has 21 nitrogen and oxygen atoms in total. The van der Waals surface area contributed by atoms with Crippen LogP contribution in [0.4, 0.5) is 0 Å². The van der Waals surface area contributed by atoms with E-state index in [0.29, 0.717) is 45.2 Å². The quantitative estimate of drug-likeness (QED) is 0.0384. The van der Waals surface area contributed by atoms with Crippen molar-refractivity contribution in [2.45, 2.75) is 266 Å². The fourth-order valence-electron chi connectivity index (χ4n) is 9.52. The van der Waals surface area contributed by atoms with Gasteiger partial charge < -0.3 is 57.7 Å². The molecule has 0 saturated carbocycles. The van der Waals surface area contributed by atoms with Crippen molar-refractivity contribution in [3.05, 3.63) is 0 Å². The van der Waals surface area contributed by atoms with Gasteiger partial charge in [-0.2, -0.15) is 0 Å².